The van der Waals surface area contributed by atoms with Gasteiger partial charge in [0.15, 0.2) is 12.1 Å². The van der Waals surface area contributed by atoms with Crippen molar-refractivity contribution >= 4 is 23.5 Å². The third-order valence-electron chi connectivity index (χ3n) is 2.90. The molecular formula is C14H18ClNO5. The first-order chi connectivity index (χ1) is 9.80. The average molecular weight is 316 g/mol. The maximum atomic E-state index is 11.8. The number of methoxy groups -OCH3 is 1. The Morgan fingerprint density at radius 1 is 1.43 bits per heavy atom. The Hall–Kier alpha value is -1.79. The second-order valence-corrected chi connectivity index (χ2v) is 5.18. The van der Waals surface area contributed by atoms with E-state index in [-0.39, 0.29) is 13.2 Å². The van der Waals surface area contributed by atoms with Crippen LogP contribution in [0.1, 0.15) is 12.5 Å². The minimum atomic E-state index is -1.50. The highest BCUT2D eigenvalue weighted by atomic mass is 35.5. The van der Waals surface area contributed by atoms with E-state index < -0.39 is 17.4 Å². The highest BCUT2D eigenvalue weighted by Gasteiger charge is 2.35. The van der Waals surface area contributed by atoms with Gasteiger partial charge in [0.25, 0.3) is 5.91 Å². The van der Waals surface area contributed by atoms with E-state index in [0.29, 0.717) is 16.3 Å². The van der Waals surface area contributed by atoms with Gasteiger partial charge >= 0.3 is 5.97 Å². The first-order valence-corrected chi connectivity index (χ1v) is 6.59. The average Bonchev–Trinajstić information content (AvgIpc) is 2.40. The van der Waals surface area contributed by atoms with Crippen LogP contribution in [0, 0.1) is 6.92 Å². The maximum absolute atomic E-state index is 11.8. The summed E-state index contributed by atoms with van der Waals surface area (Å²) in [5.41, 5.74) is -0.789. The predicted molar refractivity (Wildman–Crippen MR) is 77.7 cm³/mol. The van der Waals surface area contributed by atoms with Crippen molar-refractivity contribution in [2.45, 2.75) is 19.4 Å². The third kappa shape index (κ3) is 4.61. The van der Waals surface area contributed by atoms with Crippen LogP contribution in [0.5, 0.6) is 5.75 Å². The molecule has 0 spiro atoms. The molecule has 0 aliphatic rings. The SMILES string of the molecule is COCC(C)(NC(=O)COc1cccc(Cl)c1C)C(=O)O. The lowest BCUT2D eigenvalue weighted by Crippen LogP contribution is -2.56. The molecule has 0 radical (unpaired) electrons. The minimum Gasteiger partial charge on any atom is -0.483 e. The number of nitrogens with one attached hydrogen (secondary N) is 1. The highest BCUT2D eigenvalue weighted by Crippen LogP contribution is 2.24. The largest absolute Gasteiger partial charge is 0.483 e. The molecule has 1 aromatic carbocycles. The zero-order valence-corrected chi connectivity index (χ0v) is 12.9. The smallest absolute Gasteiger partial charge is 0.331 e. The lowest BCUT2D eigenvalue weighted by Gasteiger charge is -2.25. The molecule has 1 aromatic rings. The zero-order chi connectivity index (χ0) is 16.0. The summed E-state index contributed by atoms with van der Waals surface area (Å²) in [7, 11) is 1.36. The van der Waals surface area contributed by atoms with Gasteiger partial charge in [-0.3, -0.25) is 4.79 Å². The van der Waals surface area contributed by atoms with Crippen LogP contribution in [-0.4, -0.2) is 42.8 Å². The minimum absolute atomic E-state index is 0.149. The van der Waals surface area contributed by atoms with Gasteiger partial charge in [-0.2, -0.15) is 0 Å². The number of halogens is 1. The molecule has 0 aromatic heterocycles. The fourth-order valence-electron chi connectivity index (χ4n) is 1.67. The Labute approximate surface area is 128 Å². The molecule has 0 bridgehead atoms. The first kappa shape index (κ1) is 17.3. The standard InChI is InChI=1S/C14H18ClNO5/c1-9-10(15)5-4-6-11(9)21-7-12(17)16-14(2,8-20-3)13(18)19/h4-6H,7-8H2,1-3H3,(H,16,17)(H,18,19). The van der Waals surface area contributed by atoms with E-state index in [2.05, 4.69) is 5.32 Å². The number of carbonyl (C=O) groups is 2. The molecule has 1 unspecified atom stereocenters. The van der Waals surface area contributed by atoms with Gasteiger partial charge in [0.2, 0.25) is 0 Å². The van der Waals surface area contributed by atoms with Crippen molar-refractivity contribution in [3.8, 4) is 5.75 Å². The van der Waals surface area contributed by atoms with Crippen LogP contribution in [0.3, 0.4) is 0 Å². The second kappa shape index (κ2) is 7.28. The number of amides is 1. The number of hydrogen-bond donors (Lipinski definition) is 2. The molecular weight excluding hydrogens is 298 g/mol. The predicted octanol–water partition coefficient (Wildman–Crippen LogP) is 1.63. The number of rotatable bonds is 7. The Morgan fingerprint density at radius 2 is 2.10 bits per heavy atom. The molecule has 6 nitrogen and oxygen atoms in total. The van der Waals surface area contributed by atoms with Crippen molar-refractivity contribution in [1.29, 1.82) is 0 Å². The number of ether oxygens (including phenoxy) is 2. The lowest BCUT2D eigenvalue weighted by atomic mass is 10.0. The van der Waals surface area contributed by atoms with Gasteiger partial charge in [0.1, 0.15) is 5.75 Å². The van der Waals surface area contributed by atoms with Crippen LogP contribution in [-0.2, 0) is 14.3 Å². The zero-order valence-electron chi connectivity index (χ0n) is 12.1. The van der Waals surface area contributed by atoms with E-state index in [1.165, 1.54) is 14.0 Å². The van der Waals surface area contributed by atoms with Crippen LogP contribution >= 0.6 is 11.6 Å². The second-order valence-electron chi connectivity index (χ2n) is 4.77. The van der Waals surface area contributed by atoms with Gasteiger partial charge in [0.05, 0.1) is 6.61 Å². The number of carbonyl (C=O) groups excluding carboxylic acids is 1. The molecule has 0 aliphatic heterocycles. The van der Waals surface area contributed by atoms with Crippen molar-refractivity contribution in [3.05, 3.63) is 28.8 Å². The van der Waals surface area contributed by atoms with Crippen molar-refractivity contribution in [2.75, 3.05) is 20.3 Å². The number of benzene rings is 1. The fraction of sp³-hybridized carbons (Fsp3) is 0.429. The van der Waals surface area contributed by atoms with Crippen LogP contribution in [0.15, 0.2) is 18.2 Å². The van der Waals surface area contributed by atoms with Crippen molar-refractivity contribution in [3.63, 3.8) is 0 Å². The van der Waals surface area contributed by atoms with E-state index >= 15 is 0 Å². The van der Waals surface area contributed by atoms with Crippen LogP contribution in [0.25, 0.3) is 0 Å². The molecule has 1 rings (SSSR count). The third-order valence-corrected chi connectivity index (χ3v) is 3.31. The van der Waals surface area contributed by atoms with Crippen LogP contribution < -0.4 is 10.1 Å². The molecule has 0 fully saturated rings. The normalized spacial score (nSPS) is 13.3. The maximum Gasteiger partial charge on any atom is 0.331 e. The van der Waals surface area contributed by atoms with Crippen LogP contribution in [0.2, 0.25) is 5.02 Å². The Morgan fingerprint density at radius 3 is 2.67 bits per heavy atom. The molecule has 0 aliphatic carbocycles. The number of aliphatic carboxylic acids is 1. The van der Waals surface area contributed by atoms with E-state index in [0.717, 1.165) is 0 Å². The summed E-state index contributed by atoms with van der Waals surface area (Å²) in [5.74, 6) is -1.27. The van der Waals surface area contributed by atoms with E-state index in [1.54, 1.807) is 25.1 Å². The molecule has 7 heteroatoms. The number of hydrogen-bond acceptors (Lipinski definition) is 4. The summed E-state index contributed by atoms with van der Waals surface area (Å²) in [5, 5.41) is 12.0. The molecule has 0 saturated heterocycles. The number of carboxylic acid groups (broad SMARTS) is 1. The Bertz CT molecular complexity index is 534. The molecule has 1 atom stereocenters. The molecule has 0 heterocycles. The summed E-state index contributed by atoms with van der Waals surface area (Å²) >= 11 is 5.94. The lowest BCUT2D eigenvalue weighted by molar-refractivity contribution is -0.149. The van der Waals surface area contributed by atoms with Gasteiger partial charge in [0, 0.05) is 17.7 Å². The molecule has 1 amide bonds. The monoisotopic (exact) mass is 315 g/mol. The summed E-state index contributed by atoms with van der Waals surface area (Å²) in [4.78, 5) is 23.0. The molecule has 116 valence electrons. The fourth-order valence-corrected chi connectivity index (χ4v) is 1.84. The summed E-state index contributed by atoms with van der Waals surface area (Å²) in [6, 6.07) is 5.10. The van der Waals surface area contributed by atoms with E-state index in [9.17, 15) is 9.59 Å². The Kier molecular flexibility index (Phi) is 5.99. The molecule has 0 saturated carbocycles. The van der Waals surface area contributed by atoms with Crippen molar-refractivity contribution in [1.82, 2.24) is 5.32 Å². The topological polar surface area (TPSA) is 84.9 Å². The van der Waals surface area contributed by atoms with E-state index in [1.807, 2.05) is 0 Å². The molecule has 2 N–H and O–H groups in total. The van der Waals surface area contributed by atoms with Gasteiger partial charge in [-0.1, -0.05) is 17.7 Å². The quantitative estimate of drug-likeness (QED) is 0.799. The molecule has 21 heavy (non-hydrogen) atoms. The van der Waals surface area contributed by atoms with Crippen molar-refractivity contribution in [2.24, 2.45) is 0 Å². The highest BCUT2D eigenvalue weighted by molar-refractivity contribution is 6.31. The van der Waals surface area contributed by atoms with Gasteiger partial charge in [-0.05, 0) is 26.0 Å². The van der Waals surface area contributed by atoms with Crippen molar-refractivity contribution < 1.29 is 24.2 Å². The van der Waals surface area contributed by atoms with Crippen LogP contribution in [0.4, 0.5) is 0 Å². The number of carboxylic acids is 1. The summed E-state index contributed by atoms with van der Waals surface area (Å²) < 4.78 is 10.2. The Balaban J connectivity index is 2.65. The van der Waals surface area contributed by atoms with Gasteiger partial charge in [-0.25, -0.2) is 4.79 Å². The van der Waals surface area contributed by atoms with Gasteiger partial charge in [-0.15, -0.1) is 0 Å². The summed E-state index contributed by atoms with van der Waals surface area (Å²) in [6.07, 6.45) is 0. The van der Waals surface area contributed by atoms with Gasteiger partial charge < -0.3 is 19.9 Å². The van der Waals surface area contributed by atoms with E-state index in [4.69, 9.17) is 26.2 Å². The summed E-state index contributed by atoms with van der Waals surface area (Å²) in [6.45, 7) is 2.67. The first-order valence-electron chi connectivity index (χ1n) is 6.21.